The Morgan fingerprint density at radius 2 is 0.723 bits per heavy atom. The molecule has 13 heteroatoms. The highest BCUT2D eigenvalue weighted by atomic mass is 32.3. The Morgan fingerprint density at radius 1 is 0.426 bits per heavy atom. The molecule has 2 unspecified atom stereocenters. The van der Waals surface area contributed by atoms with Crippen molar-refractivity contribution in [3.8, 4) is 0 Å². The van der Waals surface area contributed by atoms with E-state index in [2.05, 4.69) is 25.8 Å². The molecule has 0 fully saturated rings. The summed E-state index contributed by atoms with van der Waals surface area (Å²) in [4.78, 5) is 0. The van der Waals surface area contributed by atoms with E-state index in [0.717, 1.165) is 25.7 Å². The predicted octanol–water partition coefficient (Wildman–Crippen LogP) is 7.68. The fraction of sp³-hybridized carbons (Fsp3) is 1.00. The summed E-state index contributed by atoms with van der Waals surface area (Å²) in [6, 6.07) is 0. The average molecular weight is 719 g/mol. The van der Waals surface area contributed by atoms with E-state index in [-0.39, 0.29) is 52.1 Å². The first-order valence-corrected chi connectivity index (χ1v) is 21.3. The molecule has 0 aliphatic rings. The highest BCUT2D eigenvalue weighted by Gasteiger charge is 2.25. The summed E-state index contributed by atoms with van der Waals surface area (Å²) in [5.41, 5.74) is 0. The number of unbranched alkanes of at least 4 members (excludes halogenated alkanes) is 18. The molecule has 2 atom stereocenters. The van der Waals surface area contributed by atoms with Crippen molar-refractivity contribution in [2.24, 2.45) is 0 Å². The lowest BCUT2D eigenvalue weighted by Crippen LogP contribution is -2.21. The standard InChI is InChI=1S/C34H70O11S2/c1-3-5-7-9-11-13-15-17-19-21-27-41-31-33(35)25-23-29-43-46(37,38)45-47(39,40)44-30-24-26-34(36)32-42-28-22-20-18-16-14-12-10-8-6-4-2/h33-36H,3-32H2,1-2H3. The predicted molar refractivity (Wildman–Crippen MR) is 187 cm³/mol. The van der Waals surface area contributed by atoms with Crippen molar-refractivity contribution in [3.05, 3.63) is 0 Å². The highest BCUT2D eigenvalue weighted by molar-refractivity contribution is 7.95. The average Bonchev–Trinajstić information content (AvgIpc) is 3.02. The van der Waals surface area contributed by atoms with Crippen molar-refractivity contribution in [1.29, 1.82) is 0 Å². The molecular formula is C34H70O11S2. The molecule has 0 aliphatic heterocycles. The largest absolute Gasteiger partial charge is 0.416 e. The van der Waals surface area contributed by atoms with Crippen LogP contribution >= 0.6 is 0 Å². The van der Waals surface area contributed by atoms with Crippen molar-refractivity contribution in [2.45, 2.75) is 180 Å². The topological polar surface area (TPSA) is 155 Å². The number of hydrogen-bond acceptors (Lipinski definition) is 11. The number of rotatable bonds is 38. The van der Waals surface area contributed by atoms with Gasteiger partial charge in [-0.15, -0.1) is 3.63 Å². The van der Waals surface area contributed by atoms with Crippen molar-refractivity contribution in [2.75, 3.05) is 39.6 Å². The third kappa shape index (κ3) is 35.3. The minimum Gasteiger partial charge on any atom is -0.391 e. The van der Waals surface area contributed by atoms with E-state index >= 15 is 0 Å². The van der Waals surface area contributed by atoms with Crippen LogP contribution in [-0.4, -0.2) is 78.9 Å². The van der Waals surface area contributed by atoms with E-state index in [1.165, 1.54) is 103 Å². The third-order valence-electron chi connectivity index (χ3n) is 7.89. The summed E-state index contributed by atoms with van der Waals surface area (Å²) < 4.78 is 71.7. The Balaban J connectivity index is 3.73. The molecule has 47 heavy (non-hydrogen) atoms. The summed E-state index contributed by atoms with van der Waals surface area (Å²) in [6.45, 7) is 5.14. The lowest BCUT2D eigenvalue weighted by molar-refractivity contribution is 0.0280. The Bertz CT molecular complexity index is 799. The first-order valence-electron chi connectivity index (χ1n) is 18.6. The molecule has 0 bridgehead atoms. The van der Waals surface area contributed by atoms with Gasteiger partial charge in [-0.1, -0.05) is 129 Å². The van der Waals surface area contributed by atoms with E-state index in [9.17, 15) is 27.0 Å². The maximum atomic E-state index is 11.9. The smallest absolute Gasteiger partial charge is 0.391 e. The normalized spacial score (nSPS) is 13.7. The molecule has 0 aliphatic carbocycles. The van der Waals surface area contributed by atoms with Crippen molar-refractivity contribution in [3.63, 3.8) is 0 Å². The van der Waals surface area contributed by atoms with Gasteiger partial charge in [0, 0.05) is 13.2 Å². The molecule has 0 saturated carbocycles. The SMILES string of the molecule is CCCCCCCCCCCCOCC(O)CCCOS(=O)(=O)OS(=O)(=O)OCCCC(O)COCCCCCCCCCCCC. The summed E-state index contributed by atoms with van der Waals surface area (Å²) in [7, 11) is -9.71. The molecule has 0 spiro atoms. The summed E-state index contributed by atoms with van der Waals surface area (Å²) in [6.07, 6.45) is 23.8. The highest BCUT2D eigenvalue weighted by Crippen LogP contribution is 2.13. The van der Waals surface area contributed by atoms with Gasteiger partial charge in [-0.05, 0) is 38.5 Å². The number of ether oxygens (including phenoxy) is 2. The molecule has 0 aromatic heterocycles. The van der Waals surface area contributed by atoms with Gasteiger partial charge in [0.25, 0.3) is 0 Å². The lowest BCUT2D eigenvalue weighted by Gasteiger charge is -2.12. The van der Waals surface area contributed by atoms with Crippen molar-refractivity contribution in [1.82, 2.24) is 0 Å². The molecule has 284 valence electrons. The molecule has 2 N–H and O–H groups in total. The van der Waals surface area contributed by atoms with Crippen LogP contribution < -0.4 is 0 Å². The van der Waals surface area contributed by atoms with Gasteiger partial charge in [0.1, 0.15) is 0 Å². The van der Waals surface area contributed by atoms with E-state index in [0.29, 0.717) is 13.2 Å². The number of hydrogen-bond donors (Lipinski definition) is 2. The first kappa shape index (κ1) is 46.6. The quantitative estimate of drug-likeness (QED) is 0.0604. The first-order chi connectivity index (χ1) is 22.6. The Kier molecular flexibility index (Phi) is 32.5. The number of aliphatic hydroxyl groups excluding tert-OH is 2. The molecule has 0 saturated heterocycles. The van der Waals surface area contributed by atoms with Crippen LogP contribution in [0.3, 0.4) is 0 Å². The molecule has 0 aromatic carbocycles. The van der Waals surface area contributed by atoms with E-state index in [1.807, 2.05) is 0 Å². The minimum absolute atomic E-state index is 0.142. The minimum atomic E-state index is -4.86. The molecule has 0 radical (unpaired) electrons. The van der Waals surface area contributed by atoms with Crippen LogP contribution in [0, 0.1) is 0 Å². The zero-order chi connectivity index (χ0) is 34.9. The monoisotopic (exact) mass is 718 g/mol. The summed E-state index contributed by atoms with van der Waals surface area (Å²) >= 11 is 0. The van der Waals surface area contributed by atoms with Gasteiger partial charge in [-0.25, -0.2) is 8.37 Å². The van der Waals surface area contributed by atoms with Gasteiger partial charge in [-0.3, -0.25) is 0 Å². The molecule has 0 heterocycles. The molecule has 11 nitrogen and oxygen atoms in total. The molecule has 0 amide bonds. The van der Waals surface area contributed by atoms with Gasteiger partial charge >= 0.3 is 20.8 Å². The van der Waals surface area contributed by atoms with Gasteiger partial charge in [0.15, 0.2) is 0 Å². The molecule has 0 aromatic rings. The maximum absolute atomic E-state index is 11.9. The van der Waals surface area contributed by atoms with Crippen molar-refractivity contribution >= 4 is 20.8 Å². The van der Waals surface area contributed by atoms with Crippen molar-refractivity contribution < 1.29 is 48.5 Å². The maximum Gasteiger partial charge on any atom is 0.416 e. The van der Waals surface area contributed by atoms with Crippen LogP contribution in [0.4, 0.5) is 0 Å². The zero-order valence-corrected chi connectivity index (χ0v) is 31.4. The Labute approximate surface area is 288 Å². The van der Waals surface area contributed by atoms with Gasteiger partial charge in [0.2, 0.25) is 0 Å². The van der Waals surface area contributed by atoms with Gasteiger partial charge < -0.3 is 19.7 Å². The molecular weight excluding hydrogens is 648 g/mol. The van der Waals surface area contributed by atoms with Crippen LogP contribution in [-0.2, 0) is 42.3 Å². The van der Waals surface area contributed by atoms with Gasteiger partial charge in [-0.2, -0.15) is 16.8 Å². The van der Waals surface area contributed by atoms with Crippen LogP contribution in [0.2, 0.25) is 0 Å². The summed E-state index contributed by atoms with van der Waals surface area (Å²) in [5.74, 6) is 0. The molecule has 0 rings (SSSR count). The summed E-state index contributed by atoms with van der Waals surface area (Å²) in [5, 5.41) is 20.0. The van der Waals surface area contributed by atoms with Crippen LogP contribution in [0.25, 0.3) is 0 Å². The van der Waals surface area contributed by atoms with Crippen LogP contribution in [0.5, 0.6) is 0 Å². The van der Waals surface area contributed by atoms with E-state index < -0.39 is 33.0 Å². The third-order valence-corrected chi connectivity index (χ3v) is 10.1. The van der Waals surface area contributed by atoms with E-state index in [1.54, 1.807) is 0 Å². The van der Waals surface area contributed by atoms with Crippen LogP contribution in [0.1, 0.15) is 168 Å². The Hall–Kier alpha value is -0.380. The Morgan fingerprint density at radius 3 is 1.04 bits per heavy atom. The fourth-order valence-corrected chi connectivity index (χ4v) is 6.86. The van der Waals surface area contributed by atoms with Crippen LogP contribution in [0.15, 0.2) is 0 Å². The van der Waals surface area contributed by atoms with Gasteiger partial charge in [0.05, 0.1) is 38.6 Å². The second kappa shape index (κ2) is 32.8. The van der Waals surface area contributed by atoms with E-state index in [4.69, 9.17) is 9.47 Å². The second-order valence-electron chi connectivity index (χ2n) is 12.6. The number of aliphatic hydroxyl groups is 2. The lowest BCUT2D eigenvalue weighted by atomic mass is 10.1. The fourth-order valence-electron chi connectivity index (χ4n) is 5.09. The zero-order valence-electron chi connectivity index (χ0n) is 29.8. The second-order valence-corrected chi connectivity index (χ2v) is 15.3.